The molecule has 3 rings (SSSR count). The Morgan fingerprint density at radius 2 is 1.41 bits per heavy atom. The summed E-state index contributed by atoms with van der Waals surface area (Å²) in [6.07, 6.45) is 1.42. The summed E-state index contributed by atoms with van der Waals surface area (Å²) in [5.41, 5.74) is 1.60. The van der Waals surface area contributed by atoms with Gasteiger partial charge in [0.15, 0.2) is 0 Å². The fourth-order valence-corrected chi connectivity index (χ4v) is 3.44. The van der Waals surface area contributed by atoms with Crippen molar-refractivity contribution in [3.8, 4) is 0 Å². The quantitative estimate of drug-likeness (QED) is 0.800. The average Bonchev–Trinajstić information content (AvgIpc) is 2.73. The van der Waals surface area contributed by atoms with E-state index in [0.29, 0.717) is 9.90 Å². The molecule has 2 aromatic rings. The minimum Gasteiger partial charge on any atom is -0.267 e. The lowest BCUT2D eigenvalue weighted by Crippen LogP contribution is -2.25. The number of amides is 2. The van der Waals surface area contributed by atoms with Gasteiger partial charge in [0.25, 0.3) is 11.8 Å². The van der Waals surface area contributed by atoms with Crippen LogP contribution < -0.4 is 0 Å². The zero-order valence-electron chi connectivity index (χ0n) is 12.1. The molecule has 2 amide bonds. The van der Waals surface area contributed by atoms with E-state index in [2.05, 4.69) is 4.47 Å². The Morgan fingerprint density at radius 1 is 0.909 bits per heavy atom. The topological polar surface area (TPSA) is 66.8 Å². The molecule has 0 N–H and O–H groups in total. The lowest BCUT2D eigenvalue weighted by atomic mass is 10.1. The molecule has 0 saturated carbocycles. The molecule has 2 aromatic carbocycles. The Bertz CT molecular complexity index is 859. The van der Waals surface area contributed by atoms with Crippen LogP contribution in [-0.4, -0.2) is 27.3 Å². The number of aryl methyl sites for hydroxylation is 1. The van der Waals surface area contributed by atoms with Crippen molar-refractivity contribution in [1.82, 2.24) is 5.01 Å². The summed E-state index contributed by atoms with van der Waals surface area (Å²) < 4.78 is 16.7. The smallest absolute Gasteiger partial charge is 0.267 e. The van der Waals surface area contributed by atoms with Crippen LogP contribution in [0.25, 0.3) is 0 Å². The second-order valence-corrected chi connectivity index (χ2v) is 7.40. The lowest BCUT2D eigenvalue weighted by Gasteiger charge is -2.10. The molecular formula is C16H14N2O3S. The molecule has 0 radical (unpaired) electrons. The third kappa shape index (κ3) is 2.31. The average molecular weight is 314 g/mol. The number of carbonyl (C=O) groups excluding carboxylic acids is 2. The van der Waals surface area contributed by atoms with Crippen molar-refractivity contribution >= 4 is 21.5 Å². The zero-order chi connectivity index (χ0) is 15.9. The minimum absolute atomic E-state index is 0.287. The highest BCUT2D eigenvalue weighted by molar-refractivity contribution is 7.93. The molecule has 5 nitrogen and oxygen atoms in total. The third-order valence-electron chi connectivity index (χ3n) is 3.47. The summed E-state index contributed by atoms with van der Waals surface area (Å²) >= 11 is 0. The molecule has 0 aromatic heterocycles. The van der Waals surface area contributed by atoms with Gasteiger partial charge in [-0.2, -0.15) is 0 Å². The summed E-state index contributed by atoms with van der Waals surface area (Å²) in [5, 5.41) is 0.715. The fraction of sp³-hybridized carbons (Fsp3) is 0.125. The van der Waals surface area contributed by atoms with E-state index in [1.165, 1.54) is 6.26 Å². The van der Waals surface area contributed by atoms with Crippen LogP contribution in [0.2, 0.25) is 0 Å². The van der Waals surface area contributed by atoms with Gasteiger partial charge >= 0.3 is 0 Å². The van der Waals surface area contributed by atoms with Crippen molar-refractivity contribution in [2.24, 2.45) is 4.47 Å². The van der Waals surface area contributed by atoms with Gasteiger partial charge in [0.1, 0.15) is 0 Å². The van der Waals surface area contributed by atoms with Gasteiger partial charge in [-0.15, -0.1) is 9.48 Å². The highest BCUT2D eigenvalue weighted by Gasteiger charge is 2.36. The van der Waals surface area contributed by atoms with Crippen LogP contribution in [0.5, 0.6) is 0 Å². The Balaban J connectivity index is 2.06. The van der Waals surface area contributed by atoms with Crippen LogP contribution in [0.15, 0.2) is 57.9 Å². The number of nitrogens with zero attached hydrogens (tertiary/aromatic N) is 2. The van der Waals surface area contributed by atoms with Gasteiger partial charge in [-0.3, -0.25) is 9.59 Å². The Morgan fingerprint density at radius 3 is 1.91 bits per heavy atom. The maximum Gasteiger partial charge on any atom is 0.282 e. The first-order valence-corrected chi connectivity index (χ1v) is 8.59. The maximum atomic E-state index is 12.8. The molecule has 22 heavy (non-hydrogen) atoms. The van der Waals surface area contributed by atoms with Crippen molar-refractivity contribution < 1.29 is 13.8 Å². The summed E-state index contributed by atoms with van der Waals surface area (Å²) in [4.78, 5) is 25.0. The normalized spacial score (nSPS) is 16.4. The van der Waals surface area contributed by atoms with Gasteiger partial charge in [0.05, 0.1) is 20.9 Å². The van der Waals surface area contributed by atoms with E-state index in [-0.39, 0.29) is 11.1 Å². The van der Waals surface area contributed by atoms with Gasteiger partial charge in [0.2, 0.25) is 0 Å². The van der Waals surface area contributed by atoms with E-state index in [9.17, 15) is 13.8 Å². The molecule has 1 aliphatic rings. The predicted octanol–water partition coefficient (Wildman–Crippen LogP) is 2.66. The van der Waals surface area contributed by atoms with Crippen molar-refractivity contribution in [3.05, 3.63) is 65.2 Å². The molecule has 1 heterocycles. The van der Waals surface area contributed by atoms with Gasteiger partial charge in [-0.25, -0.2) is 4.21 Å². The van der Waals surface area contributed by atoms with Crippen LogP contribution in [0.4, 0.5) is 0 Å². The van der Waals surface area contributed by atoms with E-state index in [4.69, 9.17) is 0 Å². The molecule has 0 aliphatic carbocycles. The number of rotatable bonds is 2. The van der Waals surface area contributed by atoms with Gasteiger partial charge < -0.3 is 0 Å². The van der Waals surface area contributed by atoms with Crippen molar-refractivity contribution in [1.29, 1.82) is 0 Å². The third-order valence-corrected chi connectivity index (χ3v) is 5.09. The Labute approximate surface area is 128 Å². The first-order valence-electron chi connectivity index (χ1n) is 6.67. The van der Waals surface area contributed by atoms with Gasteiger partial charge in [0, 0.05) is 11.2 Å². The van der Waals surface area contributed by atoms with E-state index in [1.807, 2.05) is 19.1 Å². The molecule has 112 valence electrons. The summed E-state index contributed by atoms with van der Waals surface area (Å²) in [6, 6.07) is 13.5. The molecular weight excluding hydrogens is 300 g/mol. The summed E-state index contributed by atoms with van der Waals surface area (Å²) in [7, 11) is -2.88. The Hall–Kier alpha value is -2.47. The number of hydrogen-bond acceptors (Lipinski definition) is 4. The fourth-order valence-electron chi connectivity index (χ4n) is 2.24. The molecule has 0 fully saturated rings. The van der Waals surface area contributed by atoms with Gasteiger partial charge in [-0.1, -0.05) is 29.8 Å². The number of imide groups is 1. The molecule has 0 saturated heterocycles. The van der Waals surface area contributed by atoms with E-state index >= 15 is 0 Å². The van der Waals surface area contributed by atoms with Crippen molar-refractivity contribution in [2.45, 2.75) is 11.8 Å². The first kappa shape index (κ1) is 14.5. The second-order valence-electron chi connectivity index (χ2n) is 5.16. The van der Waals surface area contributed by atoms with Crippen molar-refractivity contribution in [2.75, 3.05) is 6.26 Å². The molecule has 1 atom stereocenters. The number of benzene rings is 2. The highest BCUT2D eigenvalue weighted by Crippen LogP contribution is 2.24. The van der Waals surface area contributed by atoms with E-state index < -0.39 is 21.5 Å². The molecule has 6 heteroatoms. The molecule has 0 spiro atoms. The SMILES string of the molecule is Cc1ccc([S@@](C)(=O)=NN2C(=O)c3ccccc3C2=O)cc1. The van der Waals surface area contributed by atoms with Crippen molar-refractivity contribution in [3.63, 3.8) is 0 Å². The van der Waals surface area contributed by atoms with Crippen LogP contribution >= 0.6 is 0 Å². The molecule has 0 bridgehead atoms. The lowest BCUT2D eigenvalue weighted by molar-refractivity contribution is 0.0661. The predicted molar refractivity (Wildman–Crippen MR) is 82.9 cm³/mol. The molecule has 0 unspecified atom stereocenters. The largest absolute Gasteiger partial charge is 0.282 e. The second kappa shape index (κ2) is 5.06. The van der Waals surface area contributed by atoms with E-state index in [0.717, 1.165) is 5.56 Å². The zero-order valence-corrected chi connectivity index (χ0v) is 13.0. The van der Waals surface area contributed by atoms with Gasteiger partial charge in [-0.05, 0) is 31.2 Å². The monoisotopic (exact) mass is 314 g/mol. The number of hydrogen-bond donors (Lipinski definition) is 0. The first-order chi connectivity index (χ1) is 10.4. The number of carbonyl (C=O) groups is 2. The Kier molecular flexibility index (Phi) is 3.33. The molecule has 1 aliphatic heterocycles. The van der Waals surface area contributed by atoms with Crippen LogP contribution in [-0.2, 0) is 9.73 Å². The van der Waals surface area contributed by atoms with Crippen LogP contribution in [0, 0.1) is 6.92 Å². The highest BCUT2D eigenvalue weighted by atomic mass is 32.2. The van der Waals surface area contributed by atoms with E-state index in [1.54, 1.807) is 36.4 Å². The van der Waals surface area contributed by atoms with Crippen LogP contribution in [0.1, 0.15) is 26.3 Å². The maximum absolute atomic E-state index is 12.8. The summed E-state index contributed by atoms with van der Waals surface area (Å²) in [6.45, 7) is 1.92. The van der Waals surface area contributed by atoms with Crippen LogP contribution in [0.3, 0.4) is 0 Å². The standard InChI is InChI=1S/C16H14N2O3S/c1-11-7-9-12(10-8-11)22(2,21)17-18-15(19)13-5-3-4-6-14(13)16(18)20/h3-10H,1-2H3/t22-/m1/s1. The summed E-state index contributed by atoms with van der Waals surface area (Å²) in [5.74, 6) is -1.08. The number of fused-ring (bicyclic) bond motifs is 1. The minimum atomic E-state index is -2.88.